The third kappa shape index (κ3) is 6.02. The van der Waals surface area contributed by atoms with Gasteiger partial charge in [0.15, 0.2) is 0 Å². The molecule has 184 valence electrons. The number of carbonyl (C=O) groups excluding carboxylic acids is 1. The molecule has 0 spiro atoms. The first-order valence-electron chi connectivity index (χ1n) is 11.4. The summed E-state index contributed by atoms with van der Waals surface area (Å²) in [5.41, 5.74) is 1.01. The molecular weight excluding hydrogens is 468 g/mol. The lowest BCUT2D eigenvalue weighted by Gasteiger charge is -2.30. The topological polar surface area (TPSA) is 110 Å². The first-order valence-corrected chi connectivity index (χ1v) is 12.9. The molecule has 0 aliphatic carbocycles. The van der Waals surface area contributed by atoms with Crippen LogP contribution in [0.1, 0.15) is 19.3 Å². The minimum absolute atomic E-state index is 0.0740. The molecule has 0 bridgehead atoms. The summed E-state index contributed by atoms with van der Waals surface area (Å²) in [4.78, 5) is 26.6. The van der Waals surface area contributed by atoms with Crippen LogP contribution < -0.4 is 25.2 Å². The van der Waals surface area contributed by atoms with Gasteiger partial charge < -0.3 is 19.5 Å². The van der Waals surface area contributed by atoms with Crippen molar-refractivity contribution in [3.63, 3.8) is 0 Å². The Kier molecular flexibility index (Phi) is 7.40. The summed E-state index contributed by atoms with van der Waals surface area (Å²) < 4.78 is 36.0. The number of methoxy groups -OCH3 is 1. The summed E-state index contributed by atoms with van der Waals surface area (Å²) in [6.45, 7) is 1.33. The first-order chi connectivity index (χ1) is 16.9. The molecule has 1 amide bonds. The molecule has 2 N–H and O–H groups in total. The van der Waals surface area contributed by atoms with E-state index in [2.05, 4.69) is 14.9 Å². The van der Waals surface area contributed by atoms with Crippen molar-refractivity contribution in [3.05, 3.63) is 77.2 Å². The number of carbonyl (C=O) groups is 1. The lowest BCUT2D eigenvalue weighted by atomic mass is 10.1. The van der Waals surface area contributed by atoms with Crippen LogP contribution in [0.3, 0.4) is 0 Å². The van der Waals surface area contributed by atoms with E-state index >= 15 is 0 Å². The third-order valence-corrected chi connectivity index (χ3v) is 7.20. The monoisotopic (exact) mass is 496 g/mol. The molecular formula is C25H28N4O5S. The normalized spacial score (nSPS) is 13.8. The maximum absolute atomic E-state index is 13.5. The van der Waals surface area contributed by atoms with Gasteiger partial charge in [0.1, 0.15) is 17.2 Å². The Labute approximate surface area is 204 Å². The summed E-state index contributed by atoms with van der Waals surface area (Å²) >= 11 is 0. The van der Waals surface area contributed by atoms with Gasteiger partial charge in [0.2, 0.25) is 5.91 Å². The van der Waals surface area contributed by atoms with Crippen LogP contribution in [-0.4, -0.2) is 39.1 Å². The second-order valence-electron chi connectivity index (χ2n) is 8.28. The number of nitrogens with one attached hydrogen (secondary N) is 2. The van der Waals surface area contributed by atoms with Crippen molar-refractivity contribution in [2.24, 2.45) is 0 Å². The van der Waals surface area contributed by atoms with E-state index in [1.807, 2.05) is 0 Å². The van der Waals surface area contributed by atoms with E-state index < -0.39 is 15.9 Å². The zero-order valence-corrected chi connectivity index (χ0v) is 20.3. The number of hydrogen-bond acceptors (Lipinski definition) is 6. The number of sulfonamides is 1. The number of amides is 1. The van der Waals surface area contributed by atoms with Gasteiger partial charge in [-0.2, -0.15) is 0 Å². The van der Waals surface area contributed by atoms with Crippen molar-refractivity contribution in [2.45, 2.75) is 30.7 Å². The third-order valence-electron chi connectivity index (χ3n) is 5.79. The van der Waals surface area contributed by atoms with E-state index in [4.69, 9.17) is 4.74 Å². The molecule has 3 aromatic rings. The van der Waals surface area contributed by atoms with Crippen molar-refractivity contribution in [2.75, 3.05) is 35.1 Å². The fraction of sp³-hybridized carbons (Fsp3) is 0.280. The molecule has 35 heavy (non-hydrogen) atoms. The Morgan fingerprint density at radius 2 is 1.69 bits per heavy atom. The van der Waals surface area contributed by atoms with Crippen LogP contribution in [0.15, 0.2) is 76.6 Å². The Hall–Kier alpha value is -3.79. The molecule has 10 heteroatoms. The average Bonchev–Trinajstić information content (AvgIpc) is 2.86. The maximum atomic E-state index is 13.5. The van der Waals surface area contributed by atoms with Crippen molar-refractivity contribution < 1.29 is 17.9 Å². The molecule has 1 aliphatic heterocycles. The van der Waals surface area contributed by atoms with Gasteiger partial charge in [-0.3, -0.25) is 14.3 Å². The molecule has 1 aliphatic rings. The molecule has 2 heterocycles. The van der Waals surface area contributed by atoms with Gasteiger partial charge in [-0.15, -0.1) is 0 Å². The van der Waals surface area contributed by atoms with E-state index in [1.165, 1.54) is 30.0 Å². The Morgan fingerprint density at radius 3 is 2.37 bits per heavy atom. The highest BCUT2D eigenvalue weighted by atomic mass is 32.2. The van der Waals surface area contributed by atoms with Crippen molar-refractivity contribution in [3.8, 4) is 5.75 Å². The average molecular weight is 497 g/mol. The quantitative estimate of drug-likeness (QED) is 0.495. The van der Waals surface area contributed by atoms with Crippen molar-refractivity contribution in [1.82, 2.24) is 4.57 Å². The number of benzene rings is 2. The molecule has 1 saturated heterocycles. The van der Waals surface area contributed by atoms with Crippen LogP contribution >= 0.6 is 0 Å². The number of piperidine rings is 1. The Bertz CT molecular complexity index is 1350. The van der Waals surface area contributed by atoms with Gasteiger partial charge in [0.25, 0.3) is 15.6 Å². The number of nitrogens with zero attached hydrogens (tertiary/aromatic N) is 2. The molecule has 1 aromatic heterocycles. The van der Waals surface area contributed by atoms with E-state index in [0.29, 0.717) is 22.8 Å². The summed E-state index contributed by atoms with van der Waals surface area (Å²) in [5.74, 6) is 0.180. The van der Waals surface area contributed by atoms with Gasteiger partial charge >= 0.3 is 0 Å². The number of aromatic nitrogens is 1. The maximum Gasteiger partial charge on any atom is 0.264 e. The minimum atomic E-state index is -3.98. The summed E-state index contributed by atoms with van der Waals surface area (Å²) in [5, 5.41) is 2.71. The number of pyridine rings is 1. The van der Waals surface area contributed by atoms with E-state index in [-0.39, 0.29) is 17.0 Å². The van der Waals surface area contributed by atoms with Crippen LogP contribution in [0.5, 0.6) is 5.75 Å². The van der Waals surface area contributed by atoms with Gasteiger partial charge in [-0.25, -0.2) is 8.42 Å². The molecule has 0 atom stereocenters. The van der Waals surface area contributed by atoms with Crippen LogP contribution in [0.2, 0.25) is 0 Å². The lowest BCUT2D eigenvalue weighted by molar-refractivity contribution is -0.116. The zero-order chi connectivity index (χ0) is 24.8. The zero-order valence-electron chi connectivity index (χ0n) is 19.4. The van der Waals surface area contributed by atoms with Gasteiger partial charge in [0, 0.05) is 36.7 Å². The van der Waals surface area contributed by atoms with Crippen LogP contribution in [0.4, 0.5) is 17.1 Å². The van der Waals surface area contributed by atoms with Gasteiger partial charge in [-0.1, -0.05) is 6.07 Å². The molecule has 2 aromatic carbocycles. The van der Waals surface area contributed by atoms with E-state index in [9.17, 15) is 18.0 Å². The lowest BCUT2D eigenvalue weighted by Crippen LogP contribution is -2.31. The standard InChI is InChI=1S/C25H28N4O5S/c1-34-21-11-8-19(9-12-21)27-35(32,33)23-17-20(10-13-22(23)28-14-4-2-5-15-28)26-24(30)18-29-16-6-3-7-25(29)31/h3,6-13,16-17,27H,2,4-5,14-15,18H2,1H3,(H,26,30). The number of ether oxygens (including phenoxy) is 1. The van der Waals surface area contributed by atoms with Gasteiger partial charge in [0.05, 0.1) is 12.8 Å². The predicted molar refractivity (Wildman–Crippen MR) is 136 cm³/mol. The number of rotatable bonds is 8. The van der Waals surface area contributed by atoms with Crippen LogP contribution in [0, 0.1) is 0 Å². The molecule has 4 rings (SSSR count). The Morgan fingerprint density at radius 1 is 0.971 bits per heavy atom. The SMILES string of the molecule is COc1ccc(NS(=O)(=O)c2cc(NC(=O)Cn3ccccc3=O)ccc2N2CCCCC2)cc1. The Balaban J connectivity index is 1.63. The van der Waals surface area contributed by atoms with Gasteiger partial charge in [-0.05, 0) is 67.8 Å². The van der Waals surface area contributed by atoms with E-state index in [0.717, 1.165) is 32.4 Å². The first kappa shape index (κ1) is 24.3. The molecule has 1 fully saturated rings. The summed E-state index contributed by atoms with van der Waals surface area (Å²) in [6.07, 6.45) is 4.59. The highest BCUT2D eigenvalue weighted by molar-refractivity contribution is 7.92. The molecule has 0 saturated carbocycles. The number of anilines is 3. The smallest absolute Gasteiger partial charge is 0.264 e. The fourth-order valence-corrected chi connectivity index (χ4v) is 5.33. The summed E-state index contributed by atoms with van der Waals surface area (Å²) in [7, 11) is -2.44. The highest BCUT2D eigenvalue weighted by Gasteiger charge is 2.24. The summed E-state index contributed by atoms with van der Waals surface area (Å²) in [6, 6.07) is 16.1. The van der Waals surface area contributed by atoms with Crippen LogP contribution in [0.25, 0.3) is 0 Å². The molecule has 0 radical (unpaired) electrons. The number of hydrogen-bond donors (Lipinski definition) is 2. The van der Waals surface area contributed by atoms with E-state index in [1.54, 1.807) is 48.5 Å². The predicted octanol–water partition coefficient (Wildman–Crippen LogP) is 3.29. The van der Waals surface area contributed by atoms with Crippen molar-refractivity contribution in [1.29, 1.82) is 0 Å². The largest absolute Gasteiger partial charge is 0.497 e. The second-order valence-corrected chi connectivity index (χ2v) is 9.93. The fourth-order valence-electron chi connectivity index (χ4n) is 4.02. The van der Waals surface area contributed by atoms with Crippen LogP contribution in [-0.2, 0) is 21.4 Å². The molecule has 0 unspecified atom stereocenters. The minimum Gasteiger partial charge on any atom is -0.497 e. The van der Waals surface area contributed by atoms with Crippen molar-refractivity contribution >= 4 is 33.0 Å². The highest BCUT2D eigenvalue weighted by Crippen LogP contribution is 2.32. The molecule has 9 nitrogen and oxygen atoms in total. The second kappa shape index (κ2) is 10.6.